The van der Waals surface area contributed by atoms with Gasteiger partial charge >= 0.3 is 0 Å². The number of imidazole rings is 1. The Morgan fingerprint density at radius 2 is 2.17 bits per heavy atom. The summed E-state index contributed by atoms with van der Waals surface area (Å²) in [6, 6.07) is 3.82. The molecule has 2 rings (SSSR count). The minimum absolute atomic E-state index is 0.673. The van der Waals surface area contributed by atoms with Crippen molar-refractivity contribution < 1.29 is 0 Å². The predicted octanol–water partition coefficient (Wildman–Crippen LogP) is 3.00. The molecule has 0 bridgehead atoms. The van der Waals surface area contributed by atoms with E-state index in [1.807, 2.05) is 19.1 Å². The lowest BCUT2D eigenvalue weighted by Crippen LogP contribution is -1.79. The lowest BCUT2D eigenvalue weighted by molar-refractivity contribution is 1.25. The van der Waals surface area contributed by atoms with Crippen molar-refractivity contribution in [1.82, 2.24) is 9.07 Å². The van der Waals surface area contributed by atoms with E-state index in [2.05, 4.69) is 4.98 Å². The quantitative estimate of drug-likeness (QED) is 0.640. The van der Waals surface area contributed by atoms with Crippen LogP contribution in [-0.2, 0) is 0 Å². The van der Waals surface area contributed by atoms with Crippen LogP contribution in [0, 0.1) is 6.92 Å². The van der Waals surface area contributed by atoms with Crippen molar-refractivity contribution in [2.24, 2.45) is 0 Å². The van der Waals surface area contributed by atoms with Crippen LogP contribution in [0.1, 0.15) is 5.56 Å². The zero-order valence-corrected chi connectivity index (χ0v) is 7.89. The molecule has 0 unspecified atom stereocenters. The van der Waals surface area contributed by atoms with Crippen LogP contribution in [-0.4, -0.2) is 9.07 Å². The number of benzene rings is 1. The highest BCUT2D eigenvalue weighted by Gasteiger charge is 2.06. The van der Waals surface area contributed by atoms with Crippen LogP contribution in [0.2, 0.25) is 5.02 Å². The second-order valence-corrected chi connectivity index (χ2v) is 3.36. The number of hydrogen-bond acceptors (Lipinski definition) is 1. The van der Waals surface area contributed by atoms with Gasteiger partial charge in [-0.3, -0.25) is 0 Å². The lowest BCUT2D eigenvalue weighted by atomic mass is 10.2. The standard InChI is InChI=1S/C8H6Cl2N2/c1-5-2-3-6-8(7(5)9)11-4-12(6)10/h2-4H,1H3. The minimum Gasteiger partial charge on any atom is -0.241 e. The summed E-state index contributed by atoms with van der Waals surface area (Å²) < 4.78 is 1.43. The highest BCUT2D eigenvalue weighted by atomic mass is 35.5. The molecule has 0 aliphatic carbocycles. The highest BCUT2D eigenvalue weighted by molar-refractivity contribution is 6.36. The molecule has 0 aliphatic heterocycles. The first-order chi connectivity index (χ1) is 5.70. The summed E-state index contributed by atoms with van der Waals surface area (Å²) >= 11 is 11.8. The summed E-state index contributed by atoms with van der Waals surface area (Å²) in [6.07, 6.45) is 1.54. The van der Waals surface area contributed by atoms with Gasteiger partial charge in [0, 0.05) is 11.8 Å². The van der Waals surface area contributed by atoms with Crippen molar-refractivity contribution in [2.75, 3.05) is 0 Å². The summed E-state index contributed by atoms with van der Waals surface area (Å²) in [4.78, 5) is 4.08. The molecule has 0 saturated carbocycles. The fraction of sp³-hybridized carbons (Fsp3) is 0.125. The molecule has 1 heterocycles. The molecule has 0 N–H and O–H groups in total. The largest absolute Gasteiger partial charge is 0.241 e. The molecule has 2 nitrogen and oxygen atoms in total. The third kappa shape index (κ3) is 0.993. The van der Waals surface area contributed by atoms with E-state index >= 15 is 0 Å². The van der Waals surface area contributed by atoms with Gasteiger partial charge in [-0.15, -0.1) is 0 Å². The molecule has 0 fully saturated rings. The van der Waals surface area contributed by atoms with Crippen molar-refractivity contribution >= 4 is 34.4 Å². The number of aromatic nitrogens is 2. The van der Waals surface area contributed by atoms with Gasteiger partial charge in [0.25, 0.3) is 0 Å². The van der Waals surface area contributed by atoms with Gasteiger partial charge in [-0.25, -0.2) is 9.07 Å². The Labute approximate surface area is 79.8 Å². The third-order valence-electron chi connectivity index (χ3n) is 1.81. The van der Waals surface area contributed by atoms with Gasteiger partial charge < -0.3 is 0 Å². The molecule has 1 aromatic heterocycles. The summed E-state index contributed by atoms with van der Waals surface area (Å²) in [5, 5.41) is 0.673. The molecule has 0 amide bonds. The normalized spacial score (nSPS) is 10.9. The van der Waals surface area contributed by atoms with Gasteiger partial charge in [0.1, 0.15) is 11.8 Å². The van der Waals surface area contributed by atoms with E-state index < -0.39 is 0 Å². The van der Waals surface area contributed by atoms with E-state index in [1.54, 1.807) is 0 Å². The predicted molar refractivity (Wildman–Crippen MR) is 50.7 cm³/mol. The van der Waals surface area contributed by atoms with Crippen LogP contribution in [0.3, 0.4) is 0 Å². The topological polar surface area (TPSA) is 17.8 Å². The molecule has 0 saturated heterocycles. The molecule has 2 aromatic rings. The average molecular weight is 201 g/mol. The lowest BCUT2D eigenvalue weighted by Gasteiger charge is -1.97. The van der Waals surface area contributed by atoms with Crippen molar-refractivity contribution in [3.05, 3.63) is 29.0 Å². The first kappa shape index (κ1) is 7.90. The number of halogens is 2. The number of nitrogens with zero attached hydrogens (tertiary/aromatic N) is 2. The maximum Gasteiger partial charge on any atom is 0.111 e. The number of fused-ring (bicyclic) bond motifs is 1. The van der Waals surface area contributed by atoms with E-state index in [4.69, 9.17) is 23.4 Å². The fourth-order valence-electron chi connectivity index (χ4n) is 1.12. The summed E-state index contributed by atoms with van der Waals surface area (Å²) in [7, 11) is 0. The van der Waals surface area contributed by atoms with Gasteiger partial charge in [0.05, 0.1) is 10.5 Å². The molecule has 0 aliphatic rings. The van der Waals surface area contributed by atoms with Gasteiger partial charge in [0.2, 0.25) is 0 Å². The molecule has 0 radical (unpaired) electrons. The smallest absolute Gasteiger partial charge is 0.111 e. The summed E-state index contributed by atoms with van der Waals surface area (Å²) in [5.74, 6) is 0. The van der Waals surface area contributed by atoms with Crippen LogP contribution < -0.4 is 0 Å². The molecular weight excluding hydrogens is 195 g/mol. The fourth-order valence-corrected chi connectivity index (χ4v) is 1.51. The van der Waals surface area contributed by atoms with Gasteiger partial charge in [-0.05, 0) is 18.6 Å². The summed E-state index contributed by atoms with van der Waals surface area (Å²) in [6.45, 7) is 1.94. The van der Waals surface area contributed by atoms with Crippen molar-refractivity contribution in [3.63, 3.8) is 0 Å². The molecule has 0 atom stereocenters. The third-order valence-corrected chi connectivity index (χ3v) is 2.55. The Balaban J connectivity index is 2.93. The van der Waals surface area contributed by atoms with Crippen molar-refractivity contribution in [2.45, 2.75) is 6.92 Å². The molecule has 0 spiro atoms. The molecule has 62 valence electrons. The Hall–Kier alpha value is -0.730. The monoisotopic (exact) mass is 200 g/mol. The van der Waals surface area contributed by atoms with E-state index in [0.717, 1.165) is 16.6 Å². The second kappa shape index (κ2) is 2.64. The first-order valence-corrected chi connectivity index (χ1v) is 4.20. The maximum atomic E-state index is 6.00. The molecule has 1 aromatic carbocycles. The van der Waals surface area contributed by atoms with Gasteiger partial charge in [-0.1, -0.05) is 17.7 Å². The van der Waals surface area contributed by atoms with E-state index in [-0.39, 0.29) is 0 Å². The van der Waals surface area contributed by atoms with Crippen molar-refractivity contribution in [1.29, 1.82) is 0 Å². The van der Waals surface area contributed by atoms with Gasteiger partial charge in [-0.2, -0.15) is 0 Å². The highest BCUT2D eigenvalue weighted by Crippen LogP contribution is 2.25. The second-order valence-electron chi connectivity index (χ2n) is 2.62. The molecule has 4 heteroatoms. The Morgan fingerprint density at radius 3 is 2.92 bits per heavy atom. The van der Waals surface area contributed by atoms with Crippen LogP contribution in [0.15, 0.2) is 18.5 Å². The van der Waals surface area contributed by atoms with E-state index in [0.29, 0.717) is 5.02 Å². The van der Waals surface area contributed by atoms with E-state index in [1.165, 1.54) is 10.4 Å². The number of aryl methyl sites for hydroxylation is 1. The zero-order valence-electron chi connectivity index (χ0n) is 6.38. The Kier molecular flexibility index (Phi) is 1.74. The van der Waals surface area contributed by atoms with Crippen molar-refractivity contribution in [3.8, 4) is 0 Å². The van der Waals surface area contributed by atoms with Crippen LogP contribution in [0.25, 0.3) is 11.0 Å². The SMILES string of the molecule is Cc1ccc2c(ncn2Cl)c1Cl. The maximum absolute atomic E-state index is 6.00. The Morgan fingerprint density at radius 1 is 1.42 bits per heavy atom. The zero-order chi connectivity index (χ0) is 8.72. The van der Waals surface area contributed by atoms with Gasteiger partial charge in [0.15, 0.2) is 0 Å². The van der Waals surface area contributed by atoms with Crippen LogP contribution >= 0.6 is 23.4 Å². The average Bonchev–Trinajstić information content (AvgIpc) is 2.41. The van der Waals surface area contributed by atoms with Crippen LogP contribution in [0.4, 0.5) is 0 Å². The number of rotatable bonds is 0. The summed E-state index contributed by atoms with van der Waals surface area (Å²) in [5.41, 5.74) is 2.61. The number of hydrogen-bond donors (Lipinski definition) is 0. The first-order valence-electron chi connectivity index (χ1n) is 3.48. The Bertz CT molecular complexity index is 434. The van der Waals surface area contributed by atoms with Crippen LogP contribution in [0.5, 0.6) is 0 Å². The molecule has 12 heavy (non-hydrogen) atoms. The van der Waals surface area contributed by atoms with E-state index in [9.17, 15) is 0 Å². The minimum atomic E-state index is 0.673. The molecular formula is C8H6Cl2N2.